The second-order valence-corrected chi connectivity index (χ2v) is 7.43. The van der Waals surface area contributed by atoms with Gasteiger partial charge in [0.25, 0.3) is 0 Å². The Labute approximate surface area is 143 Å². The zero-order valence-electron chi connectivity index (χ0n) is 16.0. The van der Waals surface area contributed by atoms with Crippen molar-refractivity contribution < 1.29 is 14.6 Å². The summed E-state index contributed by atoms with van der Waals surface area (Å²) in [6.07, 6.45) is 9.58. The van der Waals surface area contributed by atoms with E-state index < -0.39 is 11.0 Å². The maximum absolute atomic E-state index is 12.8. The minimum Gasteiger partial charge on any atom is -0.394 e. The van der Waals surface area contributed by atoms with Crippen molar-refractivity contribution in [3.8, 4) is 0 Å². The van der Waals surface area contributed by atoms with Crippen LogP contribution < -0.4 is 5.32 Å². The number of hydrogen-bond acceptors (Lipinski definition) is 3. The first-order valence-corrected chi connectivity index (χ1v) is 9.30. The van der Waals surface area contributed by atoms with Crippen LogP contribution in [0.1, 0.15) is 85.5 Å². The molecular weight excluding hydrogens is 290 g/mol. The van der Waals surface area contributed by atoms with Crippen molar-refractivity contribution in [2.45, 2.75) is 91.0 Å². The van der Waals surface area contributed by atoms with Crippen LogP contribution in [0.3, 0.4) is 0 Å². The molecule has 4 heteroatoms. The van der Waals surface area contributed by atoms with E-state index in [1.165, 1.54) is 19.3 Å². The lowest BCUT2D eigenvalue weighted by Crippen LogP contribution is -2.54. The zero-order chi connectivity index (χ0) is 17.8. The lowest BCUT2D eigenvalue weighted by atomic mass is 9.82. The molecule has 0 spiro atoms. The molecule has 0 aromatic carbocycles. The van der Waals surface area contributed by atoms with Crippen molar-refractivity contribution in [3.05, 3.63) is 0 Å². The first-order valence-electron chi connectivity index (χ1n) is 9.30. The molecule has 0 saturated heterocycles. The molecule has 0 fully saturated rings. The predicted molar refractivity (Wildman–Crippen MR) is 96.5 cm³/mol. The third kappa shape index (κ3) is 8.71. The normalized spacial score (nSPS) is 16.6. The molecule has 2 unspecified atom stereocenters. The fourth-order valence-corrected chi connectivity index (χ4v) is 2.86. The number of nitrogens with one attached hydrogen (secondary N) is 1. The van der Waals surface area contributed by atoms with Gasteiger partial charge in [0.15, 0.2) is 0 Å². The molecule has 0 aromatic rings. The highest BCUT2D eigenvalue weighted by Crippen LogP contribution is 2.27. The van der Waals surface area contributed by atoms with Gasteiger partial charge in [-0.2, -0.15) is 0 Å². The van der Waals surface area contributed by atoms with Gasteiger partial charge in [-0.1, -0.05) is 58.8 Å². The van der Waals surface area contributed by atoms with Crippen molar-refractivity contribution >= 4 is 5.91 Å². The Bertz CT molecular complexity index is 322. The van der Waals surface area contributed by atoms with E-state index in [0.717, 1.165) is 38.5 Å². The van der Waals surface area contributed by atoms with Crippen LogP contribution in [0.25, 0.3) is 0 Å². The highest BCUT2D eigenvalue weighted by molar-refractivity contribution is 5.83. The summed E-state index contributed by atoms with van der Waals surface area (Å²) in [6, 6.07) is 0. The van der Waals surface area contributed by atoms with Gasteiger partial charge in [-0.3, -0.25) is 4.79 Å². The van der Waals surface area contributed by atoms with Gasteiger partial charge >= 0.3 is 0 Å². The molecule has 4 nitrogen and oxygen atoms in total. The first-order chi connectivity index (χ1) is 10.9. The molecule has 0 aromatic heterocycles. The van der Waals surface area contributed by atoms with Crippen LogP contribution in [0.15, 0.2) is 0 Å². The molecule has 23 heavy (non-hydrogen) atoms. The SMILES string of the molecule is CCCCCCCC(C)(COC)C(=O)NC(C)(CO)CCCC. The molecule has 0 saturated carbocycles. The molecule has 138 valence electrons. The summed E-state index contributed by atoms with van der Waals surface area (Å²) in [5, 5.41) is 12.8. The van der Waals surface area contributed by atoms with Gasteiger partial charge in [-0.25, -0.2) is 0 Å². The van der Waals surface area contributed by atoms with Gasteiger partial charge in [0, 0.05) is 7.11 Å². The fraction of sp³-hybridized carbons (Fsp3) is 0.947. The van der Waals surface area contributed by atoms with Crippen LogP contribution in [0.2, 0.25) is 0 Å². The van der Waals surface area contributed by atoms with E-state index in [-0.39, 0.29) is 12.5 Å². The van der Waals surface area contributed by atoms with Crippen molar-refractivity contribution in [1.82, 2.24) is 5.32 Å². The Morgan fingerprint density at radius 3 is 2.13 bits per heavy atom. The number of hydrogen-bond donors (Lipinski definition) is 2. The summed E-state index contributed by atoms with van der Waals surface area (Å²) in [4.78, 5) is 12.8. The molecule has 0 bridgehead atoms. The molecule has 0 rings (SSSR count). The minimum absolute atomic E-state index is 0.00231. The summed E-state index contributed by atoms with van der Waals surface area (Å²) >= 11 is 0. The van der Waals surface area contributed by atoms with Gasteiger partial charge in [-0.05, 0) is 26.7 Å². The molecule has 0 aliphatic heterocycles. The molecule has 0 radical (unpaired) electrons. The number of aliphatic hydroxyl groups is 1. The minimum atomic E-state index is -0.537. The summed E-state index contributed by atoms with van der Waals surface area (Å²) < 4.78 is 5.31. The summed E-state index contributed by atoms with van der Waals surface area (Å²) in [7, 11) is 1.64. The first kappa shape index (κ1) is 22.4. The Hall–Kier alpha value is -0.610. The van der Waals surface area contributed by atoms with Crippen molar-refractivity contribution in [1.29, 1.82) is 0 Å². The van der Waals surface area contributed by atoms with E-state index >= 15 is 0 Å². The van der Waals surface area contributed by atoms with Crippen molar-refractivity contribution in [3.63, 3.8) is 0 Å². The number of unbranched alkanes of at least 4 members (excludes halogenated alkanes) is 5. The number of rotatable bonds is 14. The zero-order valence-corrected chi connectivity index (χ0v) is 16.0. The monoisotopic (exact) mass is 329 g/mol. The smallest absolute Gasteiger partial charge is 0.228 e. The maximum Gasteiger partial charge on any atom is 0.228 e. The van der Waals surface area contributed by atoms with E-state index in [1.807, 2.05) is 13.8 Å². The van der Waals surface area contributed by atoms with E-state index in [0.29, 0.717) is 6.61 Å². The lowest BCUT2D eigenvalue weighted by Gasteiger charge is -2.35. The largest absolute Gasteiger partial charge is 0.394 e. The van der Waals surface area contributed by atoms with Crippen LogP contribution in [0.4, 0.5) is 0 Å². The average molecular weight is 330 g/mol. The Kier molecular flexibility index (Phi) is 11.5. The third-order valence-electron chi connectivity index (χ3n) is 4.69. The quantitative estimate of drug-likeness (QED) is 0.473. The second kappa shape index (κ2) is 11.9. The number of carbonyl (C=O) groups excluding carboxylic acids is 1. The van der Waals surface area contributed by atoms with E-state index in [4.69, 9.17) is 4.74 Å². The Morgan fingerprint density at radius 2 is 1.61 bits per heavy atom. The topological polar surface area (TPSA) is 58.6 Å². The molecule has 2 atom stereocenters. The van der Waals surface area contributed by atoms with Gasteiger partial charge in [0.2, 0.25) is 5.91 Å². The number of amides is 1. The molecular formula is C19H39NO3. The predicted octanol–water partition coefficient (Wildman–Crippen LogP) is 4.06. The summed E-state index contributed by atoms with van der Waals surface area (Å²) in [6.45, 7) is 8.61. The van der Waals surface area contributed by atoms with E-state index in [9.17, 15) is 9.90 Å². The van der Waals surface area contributed by atoms with Gasteiger partial charge < -0.3 is 15.2 Å². The van der Waals surface area contributed by atoms with Crippen LogP contribution in [-0.2, 0) is 9.53 Å². The number of ether oxygens (including phenoxy) is 1. The van der Waals surface area contributed by atoms with Crippen LogP contribution in [0, 0.1) is 5.41 Å². The van der Waals surface area contributed by atoms with Gasteiger partial charge in [0.05, 0.1) is 24.2 Å². The Morgan fingerprint density at radius 1 is 1.00 bits per heavy atom. The van der Waals surface area contributed by atoms with Crippen LogP contribution in [-0.4, -0.2) is 36.9 Å². The standard InChI is InChI=1S/C19H39NO3/c1-6-8-10-11-12-13-18(3,16-23-5)17(22)20-19(4,15-21)14-9-7-2/h21H,6-16H2,1-5H3,(H,20,22). The van der Waals surface area contributed by atoms with Crippen molar-refractivity contribution in [2.75, 3.05) is 20.3 Å². The number of methoxy groups -OCH3 is 1. The average Bonchev–Trinajstić information content (AvgIpc) is 2.53. The fourth-order valence-electron chi connectivity index (χ4n) is 2.86. The summed E-state index contributed by atoms with van der Waals surface area (Å²) in [5.41, 5.74) is -1.06. The van der Waals surface area contributed by atoms with Crippen LogP contribution in [0.5, 0.6) is 0 Å². The van der Waals surface area contributed by atoms with Crippen LogP contribution >= 0.6 is 0 Å². The maximum atomic E-state index is 12.8. The molecule has 0 heterocycles. The number of carbonyl (C=O) groups is 1. The van der Waals surface area contributed by atoms with Gasteiger partial charge in [0.1, 0.15) is 0 Å². The van der Waals surface area contributed by atoms with E-state index in [2.05, 4.69) is 19.2 Å². The second-order valence-electron chi connectivity index (χ2n) is 7.43. The molecule has 1 amide bonds. The lowest BCUT2D eigenvalue weighted by molar-refractivity contribution is -0.136. The molecule has 0 aliphatic rings. The van der Waals surface area contributed by atoms with Gasteiger partial charge in [-0.15, -0.1) is 0 Å². The molecule has 2 N–H and O–H groups in total. The number of aliphatic hydroxyl groups excluding tert-OH is 1. The Balaban J connectivity index is 4.67. The highest BCUT2D eigenvalue weighted by atomic mass is 16.5. The third-order valence-corrected chi connectivity index (χ3v) is 4.69. The highest BCUT2D eigenvalue weighted by Gasteiger charge is 2.36. The molecule has 0 aliphatic carbocycles. The van der Waals surface area contributed by atoms with Crippen molar-refractivity contribution in [2.24, 2.45) is 5.41 Å². The van der Waals surface area contributed by atoms with E-state index in [1.54, 1.807) is 7.11 Å². The summed E-state index contributed by atoms with van der Waals surface area (Å²) in [5.74, 6) is 0.00231.